The highest BCUT2D eigenvalue weighted by atomic mass is 15.4. The van der Waals surface area contributed by atoms with Crippen molar-refractivity contribution in [3.63, 3.8) is 0 Å². The average Bonchev–Trinajstić information content (AvgIpc) is 2.48. The first-order chi connectivity index (χ1) is 41.1. The van der Waals surface area contributed by atoms with Gasteiger partial charge in [0.25, 0.3) is 0 Å². The third kappa shape index (κ3) is 10.6. The maximum Gasteiger partial charge on any atom is 0.241 e. The zero-order valence-electron chi connectivity index (χ0n) is 48.0. The van der Waals surface area contributed by atoms with Crippen LogP contribution in [0.25, 0.3) is 89.7 Å². The molecular weight excluding hydrogens is 1020 g/mol. The van der Waals surface area contributed by atoms with Crippen LogP contribution in [-0.4, -0.2) is 29.9 Å². The van der Waals surface area contributed by atoms with Gasteiger partial charge in [-0.2, -0.15) is 19.9 Å². The fraction of sp³-hybridized carbons (Fsp3) is 0.0909. The third-order valence-corrected chi connectivity index (χ3v) is 15.9. The molecule has 0 saturated carbocycles. The molecule has 2 aromatic heterocycles. The van der Waals surface area contributed by atoms with Crippen molar-refractivity contribution in [2.75, 3.05) is 4.90 Å². The standard InChI is InChI=1S/C77H61N7/c1-49-42-51(3)68(52(4)43-49)71(69-53(5)44-50(2)45-54(69)6)59-36-39-65(40-37-59)84(77-81-73(61-33-20-11-21-34-61)79-75(83-77)67-41-38-57-28-22-23-35-66(57)70(67)58-29-16-9-17-30-58)76-80-72(60-31-18-10-19-32-60)78-74(82-76)64-47-62(55-24-12-7-13-25-55)46-63(48-64)56-26-14-8-15-27-56/h7-48,71H,1-6H3. The molecule has 13 rings (SSSR count). The van der Waals surface area contributed by atoms with E-state index >= 15 is 0 Å². The molecule has 2 heterocycles. The normalized spacial score (nSPS) is 11.3. The quantitative estimate of drug-likeness (QED) is 0.106. The molecule has 0 fully saturated rings. The van der Waals surface area contributed by atoms with E-state index in [-0.39, 0.29) is 5.92 Å². The van der Waals surface area contributed by atoms with E-state index in [0.717, 1.165) is 77.7 Å². The maximum atomic E-state index is 5.61. The van der Waals surface area contributed by atoms with E-state index in [1.54, 1.807) is 0 Å². The highest BCUT2D eigenvalue weighted by Gasteiger charge is 2.29. The minimum absolute atomic E-state index is 0.0596. The van der Waals surface area contributed by atoms with Gasteiger partial charge in [0.05, 0.1) is 5.69 Å². The summed E-state index contributed by atoms with van der Waals surface area (Å²) >= 11 is 0. The third-order valence-electron chi connectivity index (χ3n) is 15.9. The summed E-state index contributed by atoms with van der Waals surface area (Å²) in [7, 11) is 0. The molecule has 0 unspecified atom stereocenters. The van der Waals surface area contributed by atoms with E-state index in [4.69, 9.17) is 29.9 Å². The lowest BCUT2D eigenvalue weighted by atomic mass is 9.77. The molecule has 0 amide bonds. The Morgan fingerprint density at radius 3 is 1.15 bits per heavy atom. The number of aryl methyl sites for hydroxylation is 6. The monoisotopic (exact) mass is 1080 g/mol. The Balaban J connectivity index is 1.09. The van der Waals surface area contributed by atoms with Gasteiger partial charge in [-0.15, -0.1) is 0 Å². The van der Waals surface area contributed by atoms with E-state index in [2.05, 4.69) is 217 Å². The van der Waals surface area contributed by atoms with Crippen LogP contribution in [0.4, 0.5) is 17.6 Å². The minimum Gasteiger partial charge on any atom is -0.246 e. The van der Waals surface area contributed by atoms with Crippen molar-refractivity contribution in [1.29, 1.82) is 0 Å². The van der Waals surface area contributed by atoms with Crippen molar-refractivity contribution in [1.82, 2.24) is 29.9 Å². The molecule has 0 spiro atoms. The minimum atomic E-state index is -0.0596. The lowest BCUT2D eigenvalue weighted by molar-refractivity contribution is 0.917. The van der Waals surface area contributed by atoms with Gasteiger partial charge in [-0.05, 0) is 155 Å². The van der Waals surface area contributed by atoms with Gasteiger partial charge < -0.3 is 0 Å². The van der Waals surface area contributed by atoms with E-state index in [1.165, 1.54) is 44.5 Å². The van der Waals surface area contributed by atoms with Gasteiger partial charge in [-0.3, -0.25) is 0 Å². The van der Waals surface area contributed by atoms with Crippen molar-refractivity contribution in [3.05, 3.63) is 305 Å². The highest BCUT2D eigenvalue weighted by Crippen LogP contribution is 2.44. The first-order valence-electron chi connectivity index (χ1n) is 28.6. The Morgan fingerprint density at radius 2 is 0.679 bits per heavy atom. The number of anilines is 3. The topological polar surface area (TPSA) is 80.6 Å². The van der Waals surface area contributed by atoms with Crippen molar-refractivity contribution in [3.8, 4) is 78.9 Å². The molecular formula is C77H61N7. The number of fused-ring (bicyclic) bond motifs is 1. The molecule has 0 N–H and O–H groups in total. The van der Waals surface area contributed by atoms with Crippen LogP contribution in [-0.2, 0) is 0 Å². The number of rotatable bonds is 13. The van der Waals surface area contributed by atoms with Crippen LogP contribution < -0.4 is 4.90 Å². The van der Waals surface area contributed by atoms with Crippen LogP contribution in [0.15, 0.2) is 255 Å². The van der Waals surface area contributed by atoms with Crippen LogP contribution >= 0.6 is 0 Å². The van der Waals surface area contributed by atoms with Crippen molar-refractivity contribution in [2.24, 2.45) is 0 Å². The second kappa shape index (κ2) is 22.8. The molecule has 0 aliphatic carbocycles. The SMILES string of the molecule is Cc1cc(C)c(C(c2ccc(N(c3nc(-c4ccccc4)nc(-c4cc(-c5ccccc5)cc(-c5ccccc5)c4)n3)c3nc(-c4ccccc4)nc(-c4ccc5ccccc5c4-c4ccccc4)n3)cc2)c2c(C)cc(C)cc2C)c(C)c1. The van der Waals surface area contributed by atoms with Gasteiger partial charge >= 0.3 is 0 Å². The Labute approximate surface area is 491 Å². The number of hydrogen-bond acceptors (Lipinski definition) is 7. The molecule has 7 nitrogen and oxygen atoms in total. The van der Waals surface area contributed by atoms with E-state index in [0.29, 0.717) is 35.2 Å². The molecule has 13 aromatic rings. The summed E-state index contributed by atoms with van der Waals surface area (Å²) < 4.78 is 0. The lowest BCUT2D eigenvalue weighted by Gasteiger charge is -2.28. The molecule has 404 valence electrons. The van der Waals surface area contributed by atoms with Crippen LogP contribution in [0, 0.1) is 41.5 Å². The second-order valence-corrected chi connectivity index (χ2v) is 21.9. The van der Waals surface area contributed by atoms with E-state index < -0.39 is 0 Å². The van der Waals surface area contributed by atoms with Gasteiger partial charge in [0, 0.05) is 33.7 Å². The fourth-order valence-corrected chi connectivity index (χ4v) is 12.2. The second-order valence-electron chi connectivity index (χ2n) is 21.9. The molecule has 11 aromatic carbocycles. The predicted molar refractivity (Wildman–Crippen MR) is 346 cm³/mol. The van der Waals surface area contributed by atoms with Crippen LogP contribution in [0.3, 0.4) is 0 Å². The molecule has 7 heteroatoms. The molecule has 0 aliphatic rings. The van der Waals surface area contributed by atoms with Gasteiger partial charge in [-0.25, -0.2) is 14.9 Å². The summed E-state index contributed by atoms with van der Waals surface area (Å²) in [4.78, 5) is 34.9. The zero-order valence-corrected chi connectivity index (χ0v) is 48.0. The van der Waals surface area contributed by atoms with Gasteiger partial charge in [0.1, 0.15) is 0 Å². The van der Waals surface area contributed by atoms with Crippen LogP contribution in [0.2, 0.25) is 0 Å². The number of nitrogens with zero attached hydrogens (tertiary/aromatic N) is 7. The maximum absolute atomic E-state index is 5.61. The van der Waals surface area contributed by atoms with Gasteiger partial charge in [0.2, 0.25) is 11.9 Å². The zero-order chi connectivity index (χ0) is 57.3. The van der Waals surface area contributed by atoms with E-state index in [1.807, 2.05) is 83.8 Å². The summed E-state index contributed by atoms with van der Waals surface area (Å²) in [6.45, 7) is 13.4. The Kier molecular flexibility index (Phi) is 14.3. The summed E-state index contributed by atoms with van der Waals surface area (Å²) in [5.41, 5.74) is 21.7. The smallest absolute Gasteiger partial charge is 0.241 e. The highest BCUT2D eigenvalue weighted by molar-refractivity contribution is 6.03. The molecule has 84 heavy (non-hydrogen) atoms. The van der Waals surface area contributed by atoms with E-state index in [9.17, 15) is 0 Å². The first kappa shape index (κ1) is 52.8. The van der Waals surface area contributed by atoms with Crippen molar-refractivity contribution in [2.45, 2.75) is 47.5 Å². The lowest BCUT2D eigenvalue weighted by Crippen LogP contribution is -2.19. The average molecular weight is 1080 g/mol. The largest absolute Gasteiger partial charge is 0.246 e. The number of hydrogen-bond donors (Lipinski definition) is 0. The Bertz CT molecular complexity index is 4370. The number of aromatic nitrogens is 6. The molecule has 0 bridgehead atoms. The van der Waals surface area contributed by atoms with Crippen LogP contribution in [0.1, 0.15) is 56.0 Å². The first-order valence-corrected chi connectivity index (χ1v) is 28.6. The predicted octanol–water partition coefficient (Wildman–Crippen LogP) is 19.4. The fourth-order valence-electron chi connectivity index (χ4n) is 12.2. The Morgan fingerprint density at radius 1 is 0.298 bits per heavy atom. The number of benzene rings is 11. The summed E-state index contributed by atoms with van der Waals surface area (Å²) in [5.74, 6) is 2.60. The Hall–Kier alpha value is -10.5. The van der Waals surface area contributed by atoms with Gasteiger partial charge in [-0.1, -0.05) is 230 Å². The summed E-state index contributed by atoms with van der Waals surface area (Å²) in [6, 6.07) is 89.2. The van der Waals surface area contributed by atoms with Crippen molar-refractivity contribution < 1.29 is 0 Å². The summed E-state index contributed by atoms with van der Waals surface area (Å²) in [5, 5.41) is 2.20. The molecule has 0 radical (unpaired) electrons. The van der Waals surface area contributed by atoms with Crippen molar-refractivity contribution >= 4 is 28.4 Å². The van der Waals surface area contributed by atoms with Gasteiger partial charge in [0.15, 0.2) is 23.3 Å². The molecule has 0 atom stereocenters. The molecule has 0 aliphatic heterocycles. The summed E-state index contributed by atoms with van der Waals surface area (Å²) in [6.07, 6.45) is 0. The van der Waals surface area contributed by atoms with Crippen LogP contribution in [0.5, 0.6) is 0 Å². The molecule has 0 saturated heterocycles.